The van der Waals surface area contributed by atoms with Crippen LogP contribution in [0, 0.1) is 0 Å². The monoisotopic (exact) mass is 191 g/mol. The number of allylic oxidation sites excluding steroid dienone is 2. The third-order valence-corrected chi connectivity index (χ3v) is 3.10. The summed E-state index contributed by atoms with van der Waals surface area (Å²) in [5.41, 5.74) is 2.84. The highest BCUT2D eigenvalue weighted by atomic mass is 16.1. The van der Waals surface area contributed by atoms with E-state index in [0.717, 1.165) is 32.4 Å². The second kappa shape index (κ2) is 3.99. The van der Waals surface area contributed by atoms with E-state index in [2.05, 4.69) is 11.5 Å². The maximum atomic E-state index is 11.3. The highest BCUT2D eigenvalue weighted by Crippen LogP contribution is 2.32. The van der Waals surface area contributed by atoms with E-state index in [-0.39, 0.29) is 0 Å². The number of nitrogens with zero attached hydrogens (tertiary/aromatic N) is 1. The van der Waals surface area contributed by atoms with Gasteiger partial charge in [-0.05, 0) is 24.8 Å². The Labute approximate surface area is 85.3 Å². The summed E-state index contributed by atoms with van der Waals surface area (Å²) in [6.07, 6.45) is 6.69. The molecule has 0 aromatic rings. The normalized spacial score (nSPS) is 22.3. The molecule has 0 aromatic heterocycles. The molecule has 1 heterocycles. The number of rotatable bonds is 2. The average Bonchev–Trinajstić information content (AvgIpc) is 2.18. The molecule has 1 aliphatic carbocycles. The Morgan fingerprint density at radius 2 is 2.21 bits per heavy atom. The fourth-order valence-corrected chi connectivity index (χ4v) is 2.45. The van der Waals surface area contributed by atoms with E-state index in [1.54, 1.807) is 0 Å². The summed E-state index contributed by atoms with van der Waals surface area (Å²) in [6, 6.07) is 0. The van der Waals surface area contributed by atoms with E-state index < -0.39 is 0 Å². The summed E-state index contributed by atoms with van der Waals surface area (Å²) in [6.45, 7) is 5.85. The molecular weight excluding hydrogens is 174 g/mol. The lowest BCUT2D eigenvalue weighted by molar-refractivity contribution is -0.119. The van der Waals surface area contributed by atoms with Crippen LogP contribution in [0.15, 0.2) is 23.9 Å². The minimum absolute atomic E-state index is 0.421. The van der Waals surface area contributed by atoms with Crippen molar-refractivity contribution in [2.45, 2.75) is 32.1 Å². The van der Waals surface area contributed by atoms with Gasteiger partial charge in [-0.3, -0.25) is 4.79 Å². The van der Waals surface area contributed by atoms with Gasteiger partial charge in [-0.1, -0.05) is 6.08 Å². The number of carbonyl (C=O) groups excluding carboxylic acids is 1. The molecule has 0 saturated heterocycles. The number of Topliss-reactive ketones (excluding diaryl/α,β-unsaturated/α-hetero) is 1. The Morgan fingerprint density at radius 1 is 1.36 bits per heavy atom. The summed E-state index contributed by atoms with van der Waals surface area (Å²) < 4.78 is 0. The van der Waals surface area contributed by atoms with Crippen molar-refractivity contribution in [2.24, 2.45) is 0 Å². The zero-order valence-corrected chi connectivity index (χ0v) is 8.59. The van der Waals surface area contributed by atoms with Crippen molar-refractivity contribution in [1.29, 1.82) is 0 Å². The number of hydrogen-bond donors (Lipinski definition) is 0. The molecule has 0 amide bonds. The lowest BCUT2D eigenvalue weighted by Gasteiger charge is -2.35. The van der Waals surface area contributed by atoms with Gasteiger partial charge in [0.2, 0.25) is 0 Å². The van der Waals surface area contributed by atoms with Crippen LogP contribution in [0.25, 0.3) is 0 Å². The zero-order chi connectivity index (χ0) is 9.97. The van der Waals surface area contributed by atoms with Crippen molar-refractivity contribution >= 4 is 5.78 Å². The van der Waals surface area contributed by atoms with Crippen molar-refractivity contribution in [2.75, 3.05) is 13.1 Å². The Balaban J connectivity index is 2.18. The molecule has 1 aliphatic heterocycles. The first-order valence-corrected chi connectivity index (χ1v) is 5.39. The van der Waals surface area contributed by atoms with Crippen molar-refractivity contribution in [3.63, 3.8) is 0 Å². The van der Waals surface area contributed by atoms with Gasteiger partial charge in [0, 0.05) is 31.6 Å². The first kappa shape index (κ1) is 9.50. The fourth-order valence-electron chi connectivity index (χ4n) is 2.45. The summed E-state index contributed by atoms with van der Waals surface area (Å²) in [4.78, 5) is 13.7. The molecule has 0 fully saturated rings. The van der Waals surface area contributed by atoms with E-state index in [1.807, 2.05) is 6.08 Å². The minimum Gasteiger partial charge on any atom is -0.371 e. The SMILES string of the molecule is C=CCN1CCCC2=C1CCC(=O)C2. The molecule has 76 valence electrons. The first-order chi connectivity index (χ1) is 6.81. The number of carbonyl (C=O) groups is 1. The van der Waals surface area contributed by atoms with Gasteiger partial charge < -0.3 is 4.90 Å². The molecule has 0 aromatic carbocycles. The van der Waals surface area contributed by atoms with Crippen LogP contribution >= 0.6 is 0 Å². The van der Waals surface area contributed by atoms with Gasteiger partial charge in [0.25, 0.3) is 0 Å². The molecule has 0 bridgehead atoms. The Morgan fingerprint density at radius 3 is 3.00 bits per heavy atom. The van der Waals surface area contributed by atoms with Gasteiger partial charge in [-0.25, -0.2) is 0 Å². The Hall–Kier alpha value is -1.05. The molecule has 14 heavy (non-hydrogen) atoms. The van der Waals surface area contributed by atoms with Gasteiger partial charge in [0.05, 0.1) is 0 Å². The fraction of sp³-hybridized carbons (Fsp3) is 0.583. The lowest BCUT2D eigenvalue weighted by Crippen LogP contribution is -2.31. The molecule has 2 nitrogen and oxygen atoms in total. The van der Waals surface area contributed by atoms with E-state index in [9.17, 15) is 4.79 Å². The van der Waals surface area contributed by atoms with Crippen LogP contribution in [0.2, 0.25) is 0 Å². The standard InChI is InChI=1S/C12H17NO/c1-2-7-13-8-3-4-10-9-11(14)5-6-12(10)13/h2H,1,3-9H2. The summed E-state index contributed by atoms with van der Waals surface area (Å²) >= 11 is 0. The predicted molar refractivity (Wildman–Crippen MR) is 56.9 cm³/mol. The Kier molecular flexibility index (Phi) is 2.71. The molecular formula is C12H17NO. The molecule has 0 saturated carbocycles. The van der Waals surface area contributed by atoms with Gasteiger partial charge in [-0.2, -0.15) is 0 Å². The van der Waals surface area contributed by atoms with Crippen LogP contribution in [0.4, 0.5) is 0 Å². The van der Waals surface area contributed by atoms with Crippen molar-refractivity contribution < 1.29 is 4.79 Å². The zero-order valence-electron chi connectivity index (χ0n) is 8.59. The molecule has 2 rings (SSSR count). The highest BCUT2D eigenvalue weighted by Gasteiger charge is 2.24. The molecule has 0 atom stereocenters. The number of hydrogen-bond acceptors (Lipinski definition) is 2. The maximum Gasteiger partial charge on any atom is 0.137 e. The van der Waals surface area contributed by atoms with Gasteiger partial charge >= 0.3 is 0 Å². The second-order valence-electron chi connectivity index (χ2n) is 4.10. The summed E-state index contributed by atoms with van der Waals surface area (Å²) in [5.74, 6) is 0.421. The topological polar surface area (TPSA) is 20.3 Å². The predicted octanol–water partition coefficient (Wildman–Crippen LogP) is 2.28. The van der Waals surface area contributed by atoms with E-state index in [0.29, 0.717) is 12.2 Å². The molecule has 0 N–H and O–H groups in total. The third-order valence-electron chi connectivity index (χ3n) is 3.10. The van der Waals surface area contributed by atoms with Crippen molar-refractivity contribution in [3.8, 4) is 0 Å². The molecule has 0 spiro atoms. The van der Waals surface area contributed by atoms with E-state index in [1.165, 1.54) is 17.7 Å². The molecule has 2 heteroatoms. The largest absolute Gasteiger partial charge is 0.371 e. The Bertz CT molecular complexity index is 291. The second-order valence-corrected chi connectivity index (χ2v) is 4.10. The van der Waals surface area contributed by atoms with Crippen LogP contribution in [-0.4, -0.2) is 23.8 Å². The van der Waals surface area contributed by atoms with Crippen LogP contribution in [-0.2, 0) is 4.79 Å². The smallest absolute Gasteiger partial charge is 0.137 e. The first-order valence-electron chi connectivity index (χ1n) is 5.39. The average molecular weight is 191 g/mol. The lowest BCUT2D eigenvalue weighted by atomic mass is 9.89. The minimum atomic E-state index is 0.421. The molecule has 2 aliphatic rings. The highest BCUT2D eigenvalue weighted by molar-refractivity contribution is 5.82. The summed E-state index contributed by atoms with van der Waals surface area (Å²) in [7, 11) is 0. The molecule has 0 unspecified atom stereocenters. The van der Waals surface area contributed by atoms with Crippen molar-refractivity contribution in [3.05, 3.63) is 23.9 Å². The van der Waals surface area contributed by atoms with Crippen molar-refractivity contribution in [1.82, 2.24) is 4.90 Å². The molecule has 0 radical (unpaired) electrons. The van der Waals surface area contributed by atoms with Gasteiger partial charge in [0.15, 0.2) is 0 Å². The van der Waals surface area contributed by atoms with Crippen LogP contribution in [0.1, 0.15) is 32.1 Å². The maximum absolute atomic E-state index is 11.3. The van der Waals surface area contributed by atoms with Crippen LogP contribution in [0.5, 0.6) is 0 Å². The summed E-state index contributed by atoms with van der Waals surface area (Å²) in [5, 5.41) is 0. The van der Waals surface area contributed by atoms with E-state index in [4.69, 9.17) is 0 Å². The van der Waals surface area contributed by atoms with Gasteiger partial charge in [-0.15, -0.1) is 6.58 Å². The van der Waals surface area contributed by atoms with E-state index >= 15 is 0 Å². The third kappa shape index (κ3) is 1.74. The van der Waals surface area contributed by atoms with Crippen LogP contribution < -0.4 is 0 Å². The van der Waals surface area contributed by atoms with Crippen LogP contribution in [0.3, 0.4) is 0 Å². The number of ketones is 1. The van der Waals surface area contributed by atoms with Gasteiger partial charge in [0.1, 0.15) is 5.78 Å². The quantitative estimate of drug-likeness (QED) is 0.624.